The largest absolute Gasteiger partial charge is 0.505 e. The Balaban J connectivity index is 2.98. The summed E-state index contributed by atoms with van der Waals surface area (Å²) in [6.45, 7) is 0. The van der Waals surface area contributed by atoms with Gasteiger partial charge in [-0.2, -0.15) is 0 Å². The van der Waals surface area contributed by atoms with Gasteiger partial charge in [0.1, 0.15) is 0 Å². The highest BCUT2D eigenvalue weighted by molar-refractivity contribution is 7.17. The zero-order valence-corrected chi connectivity index (χ0v) is 5.93. The van der Waals surface area contributed by atoms with E-state index in [2.05, 4.69) is 0 Å². The highest BCUT2D eigenvalue weighted by Crippen LogP contribution is 2.29. The predicted molar refractivity (Wildman–Crippen MR) is 41.6 cm³/mol. The maximum Gasteiger partial charge on any atom is 0.153 e. The molecule has 4 heteroatoms. The molecule has 0 spiro atoms. The summed E-state index contributed by atoms with van der Waals surface area (Å²) in [7, 11) is 0. The SMILES string of the molecule is Nn1cc(O)c2sccc21. The van der Waals surface area contributed by atoms with Crippen LogP contribution in [0, 0.1) is 0 Å². The molecule has 3 N–H and O–H groups in total. The molecule has 2 aromatic rings. The molecule has 0 aliphatic carbocycles. The first-order chi connectivity index (χ1) is 4.79. The van der Waals surface area contributed by atoms with Crippen molar-refractivity contribution >= 4 is 21.6 Å². The summed E-state index contributed by atoms with van der Waals surface area (Å²) in [5, 5.41) is 11.1. The zero-order valence-electron chi connectivity index (χ0n) is 5.11. The maximum absolute atomic E-state index is 9.19. The second-order valence-corrected chi connectivity index (χ2v) is 2.97. The van der Waals surface area contributed by atoms with Crippen LogP contribution in [-0.4, -0.2) is 9.78 Å². The molecule has 0 radical (unpaired) electrons. The lowest BCUT2D eigenvalue weighted by Crippen LogP contribution is -2.03. The molecule has 0 saturated heterocycles. The molecule has 3 nitrogen and oxygen atoms in total. The van der Waals surface area contributed by atoms with Gasteiger partial charge in [-0.3, -0.25) is 4.68 Å². The third kappa shape index (κ3) is 0.537. The van der Waals surface area contributed by atoms with Gasteiger partial charge in [0.2, 0.25) is 0 Å². The minimum absolute atomic E-state index is 0.257. The van der Waals surface area contributed by atoms with Gasteiger partial charge in [0.05, 0.1) is 16.4 Å². The summed E-state index contributed by atoms with van der Waals surface area (Å²) in [6, 6.07) is 1.87. The summed E-state index contributed by atoms with van der Waals surface area (Å²) in [6.07, 6.45) is 1.50. The molecule has 2 heterocycles. The summed E-state index contributed by atoms with van der Waals surface area (Å²) in [5.41, 5.74) is 0.877. The lowest BCUT2D eigenvalue weighted by atomic mass is 10.5. The van der Waals surface area contributed by atoms with E-state index in [0.717, 1.165) is 10.2 Å². The second kappa shape index (κ2) is 1.67. The Bertz CT molecular complexity index is 331. The minimum Gasteiger partial charge on any atom is -0.505 e. The van der Waals surface area contributed by atoms with E-state index in [1.54, 1.807) is 0 Å². The Kier molecular flexibility index (Phi) is 0.935. The number of hydrogen-bond acceptors (Lipinski definition) is 3. The van der Waals surface area contributed by atoms with Crippen molar-refractivity contribution in [3.05, 3.63) is 17.6 Å². The molecule has 52 valence electrons. The van der Waals surface area contributed by atoms with Gasteiger partial charge in [-0.1, -0.05) is 0 Å². The van der Waals surface area contributed by atoms with Gasteiger partial charge in [0.15, 0.2) is 5.75 Å². The van der Waals surface area contributed by atoms with Gasteiger partial charge in [0, 0.05) is 0 Å². The van der Waals surface area contributed by atoms with E-state index in [9.17, 15) is 5.11 Å². The molecular formula is C6H6N2OS. The molecule has 0 bridgehead atoms. The van der Waals surface area contributed by atoms with Crippen LogP contribution in [0.5, 0.6) is 5.75 Å². The fourth-order valence-electron chi connectivity index (χ4n) is 0.957. The molecule has 2 aromatic heterocycles. The summed E-state index contributed by atoms with van der Waals surface area (Å²) < 4.78 is 2.27. The first-order valence-corrected chi connectivity index (χ1v) is 3.69. The quantitative estimate of drug-likeness (QED) is 0.559. The standard InChI is InChI=1S/C6H6N2OS/c7-8-3-5(9)6-4(8)1-2-10-6/h1-3,9H,7H2. The van der Waals surface area contributed by atoms with Gasteiger partial charge in [-0.05, 0) is 11.4 Å². The Morgan fingerprint density at radius 3 is 3.10 bits per heavy atom. The number of hydrogen-bond donors (Lipinski definition) is 2. The van der Waals surface area contributed by atoms with Gasteiger partial charge in [0.25, 0.3) is 0 Å². The zero-order chi connectivity index (χ0) is 7.14. The van der Waals surface area contributed by atoms with Crippen LogP contribution < -0.4 is 5.84 Å². The van der Waals surface area contributed by atoms with Crippen molar-refractivity contribution in [1.82, 2.24) is 4.68 Å². The molecule has 0 fully saturated rings. The maximum atomic E-state index is 9.19. The highest BCUT2D eigenvalue weighted by Gasteiger charge is 2.04. The molecule has 0 amide bonds. The van der Waals surface area contributed by atoms with Crippen LogP contribution in [0.2, 0.25) is 0 Å². The van der Waals surface area contributed by atoms with E-state index >= 15 is 0 Å². The Labute approximate surface area is 61.3 Å². The lowest BCUT2D eigenvalue weighted by Gasteiger charge is -1.86. The first kappa shape index (κ1) is 5.61. The van der Waals surface area contributed by atoms with Crippen molar-refractivity contribution in [3.63, 3.8) is 0 Å². The monoisotopic (exact) mass is 154 g/mol. The number of aromatic nitrogens is 1. The number of fused-ring (bicyclic) bond motifs is 1. The normalized spacial score (nSPS) is 10.8. The van der Waals surface area contributed by atoms with Gasteiger partial charge >= 0.3 is 0 Å². The Morgan fingerprint density at radius 1 is 1.60 bits per heavy atom. The van der Waals surface area contributed by atoms with Crippen LogP contribution in [-0.2, 0) is 0 Å². The average Bonchev–Trinajstić information content (AvgIpc) is 2.39. The first-order valence-electron chi connectivity index (χ1n) is 2.81. The van der Waals surface area contributed by atoms with Gasteiger partial charge < -0.3 is 10.9 Å². The van der Waals surface area contributed by atoms with Crippen molar-refractivity contribution in [2.45, 2.75) is 0 Å². The van der Waals surface area contributed by atoms with E-state index in [-0.39, 0.29) is 5.75 Å². The smallest absolute Gasteiger partial charge is 0.153 e. The predicted octanol–water partition coefficient (Wildman–Crippen LogP) is 1.12. The third-order valence-electron chi connectivity index (χ3n) is 1.42. The molecule has 0 unspecified atom stereocenters. The number of aromatic hydroxyl groups is 1. The van der Waals surface area contributed by atoms with Crippen molar-refractivity contribution in [2.75, 3.05) is 5.84 Å². The lowest BCUT2D eigenvalue weighted by molar-refractivity contribution is 0.481. The van der Waals surface area contributed by atoms with Gasteiger partial charge in [-0.15, -0.1) is 11.3 Å². The number of thiophene rings is 1. The highest BCUT2D eigenvalue weighted by atomic mass is 32.1. The second-order valence-electron chi connectivity index (χ2n) is 2.06. The van der Waals surface area contributed by atoms with E-state index in [0.29, 0.717) is 0 Å². The molecule has 2 rings (SSSR count). The molecule has 10 heavy (non-hydrogen) atoms. The number of nitrogens with zero attached hydrogens (tertiary/aromatic N) is 1. The van der Waals surface area contributed by atoms with Crippen molar-refractivity contribution in [1.29, 1.82) is 0 Å². The fourth-order valence-corrected chi connectivity index (χ4v) is 1.76. The van der Waals surface area contributed by atoms with Crippen molar-refractivity contribution in [3.8, 4) is 5.75 Å². The fraction of sp³-hybridized carbons (Fsp3) is 0. The Morgan fingerprint density at radius 2 is 2.40 bits per heavy atom. The number of nitrogen functional groups attached to an aromatic ring is 1. The van der Waals surface area contributed by atoms with Crippen LogP contribution in [0.4, 0.5) is 0 Å². The molecule has 0 aromatic carbocycles. The minimum atomic E-state index is 0.257. The summed E-state index contributed by atoms with van der Waals surface area (Å²) >= 11 is 1.48. The van der Waals surface area contributed by atoms with Crippen molar-refractivity contribution in [2.24, 2.45) is 0 Å². The molecule has 0 aliphatic rings. The number of rotatable bonds is 0. The topological polar surface area (TPSA) is 51.2 Å². The molecule has 0 saturated carbocycles. The Hall–Kier alpha value is -1.16. The number of nitrogens with two attached hydrogens (primary N) is 1. The van der Waals surface area contributed by atoms with E-state index < -0.39 is 0 Å². The van der Waals surface area contributed by atoms with Crippen LogP contribution in [0.3, 0.4) is 0 Å². The summed E-state index contributed by atoms with van der Waals surface area (Å²) in [4.78, 5) is 0. The van der Waals surface area contributed by atoms with Gasteiger partial charge in [-0.25, -0.2) is 0 Å². The van der Waals surface area contributed by atoms with Crippen LogP contribution in [0.25, 0.3) is 10.2 Å². The molecular weight excluding hydrogens is 148 g/mol. The molecule has 0 aliphatic heterocycles. The summed E-state index contributed by atoms with van der Waals surface area (Å²) in [5.74, 6) is 5.74. The van der Waals surface area contributed by atoms with Crippen LogP contribution in [0.15, 0.2) is 17.6 Å². The van der Waals surface area contributed by atoms with Crippen molar-refractivity contribution < 1.29 is 5.11 Å². The van der Waals surface area contributed by atoms with Crippen LogP contribution in [0.1, 0.15) is 0 Å². The van der Waals surface area contributed by atoms with Crippen LogP contribution >= 0.6 is 11.3 Å². The van der Waals surface area contributed by atoms with E-state index in [4.69, 9.17) is 5.84 Å². The molecule has 0 atom stereocenters. The third-order valence-corrected chi connectivity index (χ3v) is 2.34. The van der Waals surface area contributed by atoms with E-state index in [1.165, 1.54) is 22.2 Å². The average molecular weight is 154 g/mol. The van der Waals surface area contributed by atoms with E-state index in [1.807, 2.05) is 11.4 Å².